The van der Waals surface area contributed by atoms with Gasteiger partial charge in [0, 0.05) is 12.1 Å². The van der Waals surface area contributed by atoms with Crippen LogP contribution in [0.15, 0.2) is 42.5 Å². The molecule has 0 radical (unpaired) electrons. The Morgan fingerprint density at radius 1 is 0.913 bits per heavy atom. The minimum atomic E-state index is -0.623. The fraction of sp³-hybridized carbons (Fsp3) is 0.167. The number of hydrogen-bond donors (Lipinski definition) is 0. The Bertz CT molecular complexity index is 716. The fourth-order valence-electron chi connectivity index (χ4n) is 2.01. The molecule has 0 atom stereocenters. The Morgan fingerprint density at radius 2 is 1.52 bits per heavy atom. The second-order valence-corrected chi connectivity index (χ2v) is 4.69. The third-order valence-corrected chi connectivity index (χ3v) is 3.24. The van der Waals surface area contributed by atoms with Crippen molar-refractivity contribution >= 4 is 11.9 Å². The number of methoxy groups -OCH3 is 3. The molecule has 0 aliphatic rings. The van der Waals surface area contributed by atoms with Gasteiger partial charge in [0.2, 0.25) is 0 Å². The molecule has 23 heavy (non-hydrogen) atoms. The fourth-order valence-corrected chi connectivity index (χ4v) is 2.01. The van der Waals surface area contributed by atoms with E-state index in [1.165, 1.54) is 25.3 Å². The van der Waals surface area contributed by atoms with Crippen molar-refractivity contribution in [2.45, 2.75) is 0 Å². The number of allylic oxidation sites excluding steroid dienone is 1. The summed E-state index contributed by atoms with van der Waals surface area (Å²) in [5.41, 5.74) is 0.695. The van der Waals surface area contributed by atoms with Crippen LogP contribution in [0, 0.1) is 5.82 Å². The summed E-state index contributed by atoms with van der Waals surface area (Å²) < 4.78 is 29.1. The van der Waals surface area contributed by atoms with Crippen molar-refractivity contribution in [3.63, 3.8) is 0 Å². The van der Waals surface area contributed by atoms with E-state index in [0.717, 1.165) is 0 Å². The molecule has 0 unspecified atom stereocenters. The average molecular weight is 316 g/mol. The van der Waals surface area contributed by atoms with Crippen LogP contribution in [-0.2, 0) is 0 Å². The highest BCUT2D eigenvalue weighted by atomic mass is 19.1. The Hall–Kier alpha value is -2.82. The Morgan fingerprint density at radius 3 is 2.04 bits per heavy atom. The van der Waals surface area contributed by atoms with Crippen molar-refractivity contribution in [1.82, 2.24) is 0 Å². The van der Waals surface area contributed by atoms with Crippen molar-refractivity contribution in [1.29, 1.82) is 0 Å². The lowest BCUT2D eigenvalue weighted by molar-refractivity contribution is 0.104. The lowest BCUT2D eigenvalue weighted by Gasteiger charge is -2.06. The summed E-state index contributed by atoms with van der Waals surface area (Å²) in [4.78, 5) is 12.1. The highest BCUT2D eigenvalue weighted by Gasteiger charge is 2.10. The largest absolute Gasteiger partial charge is 0.497 e. The molecule has 0 saturated heterocycles. The van der Waals surface area contributed by atoms with Crippen LogP contribution in [0.25, 0.3) is 6.08 Å². The van der Waals surface area contributed by atoms with Gasteiger partial charge in [0.05, 0.1) is 26.9 Å². The molecule has 2 rings (SSSR count). The molecule has 0 aliphatic heterocycles. The van der Waals surface area contributed by atoms with E-state index in [-0.39, 0.29) is 5.56 Å². The first-order valence-electron chi connectivity index (χ1n) is 6.86. The molecule has 0 saturated carbocycles. The molecule has 2 aromatic carbocycles. The van der Waals surface area contributed by atoms with E-state index >= 15 is 0 Å². The van der Waals surface area contributed by atoms with E-state index in [0.29, 0.717) is 22.8 Å². The number of rotatable bonds is 6. The normalized spacial score (nSPS) is 10.6. The van der Waals surface area contributed by atoms with Gasteiger partial charge < -0.3 is 14.2 Å². The van der Waals surface area contributed by atoms with Crippen LogP contribution in [0.5, 0.6) is 17.2 Å². The first-order chi connectivity index (χ1) is 11.1. The van der Waals surface area contributed by atoms with Crippen molar-refractivity contribution in [2.24, 2.45) is 0 Å². The van der Waals surface area contributed by atoms with Gasteiger partial charge in [-0.05, 0) is 35.9 Å². The summed E-state index contributed by atoms with van der Waals surface area (Å²) in [6.07, 6.45) is 2.89. The number of halogens is 1. The van der Waals surface area contributed by atoms with Crippen LogP contribution >= 0.6 is 0 Å². The smallest absolute Gasteiger partial charge is 0.188 e. The van der Waals surface area contributed by atoms with Crippen molar-refractivity contribution in [3.8, 4) is 17.2 Å². The van der Waals surface area contributed by atoms with E-state index < -0.39 is 11.6 Å². The molecule has 0 heterocycles. The van der Waals surface area contributed by atoms with E-state index in [1.807, 2.05) is 0 Å². The maximum atomic E-state index is 13.9. The van der Waals surface area contributed by atoms with E-state index in [9.17, 15) is 9.18 Å². The highest BCUT2D eigenvalue weighted by Crippen LogP contribution is 2.23. The van der Waals surface area contributed by atoms with Crippen LogP contribution in [-0.4, -0.2) is 27.1 Å². The lowest BCUT2D eigenvalue weighted by atomic mass is 10.1. The lowest BCUT2D eigenvalue weighted by Crippen LogP contribution is -1.99. The monoisotopic (exact) mass is 316 g/mol. The van der Waals surface area contributed by atoms with Gasteiger partial charge in [-0.15, -0.1) is 0 Å². The zero-order valence-electron chi connectivity index (χ0n) is 13.1. The van der Waals surface area contributed by atoms with Crippen LogP contribution in [0.1, 0.15) is 15.9 Å². The molecule has 0 amide bonds. The maximum absolute atomic E-state index is 13.9. The van der Waals surface area contributed by atoms with Gasteiger partial charge in [-0.1, -0.05) is 6.08 Å². The molecule has 0 fully saturated rings. The van der Waals surface area contributed by atoms with Crippen molar-refractivity contribution in [3.05, 3.63) is 59.4 Å². The number of carbonyl (C=O) groups excluding carboxylic acids is 1. The van der Waals surface area contributed by atoms with Gasteiger partial charge in [-0.2, -0.15) is 0 Å². The zero-order valence-corrected chi connectivity index (χ0v) is 13.1. The summed E-state index contributed by atoms with van der Waals surface area (Å²) in [7, 11) is 4.52. The minimum absolute atomic E-state index is 0.0167. The van der Waals surface area contributed by atoms with Gasteiger partial charge in [0.1, 0.15) is 23.1 Å². The van der Waals surface area contributed by atoms with Gasteiger partial charge in [-0.3, -0.25) is 4.79 Å². The first kappa shape index (κ1) is 16.5. The summed E-state index contributed by atoms with van der Waals surface area (Å²) in [6.45, 7) is 0. The Labute approximate surface area is 134 Å². The van der Waals surface area contributed by atoms with Gasteiger partial charge in [-0.25, -0.2) is 4.39 Å². The number of carbonyl (C=O) groups is 1. The molecule has 0 spiro atoms. The molecule has 4 nitrogen and oxygen atoms in total. The molecule has 2 aromatic rings. The SMILES string of the molecule is COc1cc(/C=C/C(=O)c2ccc(OC)cc2F)cc(OC)c1. The molecular formula is C18H17FO4. The third kappa shape index (κ3) is 4.10. The van der Waals surface area contributed by atoms with Gasteiger partial charge in [0.25, 0.3) is 0 Å². The zero-order chi connectivity index (χ0) is 16.8. The molecule has 0 aromatic heterocycles. The van der Waals surface area contributed by atoms with Crippen molar-refractivity contribution < 1.29 is 23.4 Å². The number of benzene rings is 2. The Balaban J connectivity index is 2.24. The molecule has 0 aliphatic carbocycles. The molecule has 0 N–H and O–H groups in total. The molecule has 0 bridgehead atoms. The van der Waals surface area contributed by atoms with E-state index in [4.69, 9.17) is 14.2 Å². The molecule has 5 heteroatoms. The van der Waals surface area contributed by atoms with Crippen LogP contribution < -0.4 is 14.2 Å². The minimum Gasteiger partial charge on any atom is -0.497 e. The van der Waals surface area contributed by atoms with E-state index in [2.05, 4.69) is 0 Å². The standard InChI is InChI=1S/C18H17FO4/c1-21-13-5-6-16(17(19)11-13)18(20)7-4-12-8-14(22-2)10-15(9-12)23-3/h4-11H,1-3H3/b7-4+. The predicted molar refractivity (Wildman–Crippen MR) is 85.9 cm³/mol. The predicted octanol–water partition coefficient (Wildman–Crippen LogP) is 3.75. The quantitative estimate of drug-likeness (QED) is 0.601. The molecule has 120 valence electrons. The maximum Gasteiger partial charge on any atom is 0.188 e. The van der Waals surface area contributed by atoms with Crippen molar-refractivity contribution in [2.75, 3.05) is 21.3 Å². The molecular weight excluding hydrogens is 299 g/mol. The highest BCUT2D eigenvalue weighted by molar-refractivity contribution is 6.07. The van der Waals surface area contributed by atoms with E-state index in [1.54, 1.807) is 44.6 Å². The number of ether oxygens (including phenoxy) is 3. The van der Waals surface area contributed by atoms with Crippen LogP contribution in [0.4, 0.5) is 4.39 Å². The Kier molecular flexibility index (Phi) is 5.36. The van der Waals surface area contributed by atoms with Gasteiger partial charge in [0.15, 0.2) is 5.78 Å². The van der Waals surface area contributed by atoms with Gasteiger partial charge >= 0.3 is 0 Å². The van der Waals surface area contributed by atoms with Crippen LogP contribution in [0.3, 0.4) is 0 Å². The summed E-state index contributed by atoms with van der Waals surface area (Å²) in [5.74, 6) is 0.508. The third-order valence-electron chi connectivity index (χ3n) is 3.24. The summed E-state index contributed by atoms with van der Waals surface area (Å²) in [6, 6.07) is 9.33. The average Bonchev–Trinajstić information content (AvgIpc) is 2.58. The second-order valence-electron chi connectivity index (χ2n) is 4.69. The summed E-state index contributed by atoms with van der Waals surface area (Å²) in [5, 5.41) is 0. The second kappa shape index (κ2) is 7.45. The number of ketones is 1. The van der Waals surface area contributed by atoms with Crippen LogP contribution in [0.2, 0.25) is 0 Å². The summed E-state index contributed by atoms with van der Waals surface area (Å²) >= 11 is 0. The topological polar surface area (TPSA) is 44.8 Å². The first-order valence-corrected chi connectivity index (χ1v) is 6.86. The number of hydrogen-bond acceptors (Lipinski definition) is 4.